The highest BCUT2D eigenvalue weighted by atomic mass is 79.9. The number of halogens is 1. The first kappa shape index (κ1) is 27.1. The van der Waals surface area contributed by atoms with Crippen LogP contribution in [-0.4, -0.2) is 58.4 Å². The van der Waals surface area contributed by atoms with Gasteiger partial charge in [0, 0.05) is 37.7 Å². The van der Waals surface area contributed by atoms with Crippen LogP contribution in [-0.2, 0) is 22.5 Å². The Labute approximate surface area is 237 Å². The molecule has 2 aromatic carbocycles. The number of amides is 2. The van der Waals surface area contributed by atoms with Gasteiger partial charge in [0.1, 0.15) is 5.75 Å². The number of benzene rings is 2. The number of carbonyl (C=O) groups is 2. The van der Waals surface area contributed by atoms with E-state index in [0.717, 1.165) is 32.7 Å². The molecule has 0 N–H and O–H groups in total. The first-order valence-electron chi connectivity index (χ1n) is 13.1. The minimum absolute atomic E-state index is 0.0741. The zero-order chi connectivity index (χ0) is 27.8. The molecular formula is C30H33BrN4O4. The number of methoxy groups -OCH3 is 1. The second kappa shape index (κ2) is 11.0. The van der Waals surface area contributed by atoms with Crippen LogP contribution in [0.2, 0.25) is 0 Å². The predicted octanol–water partition coefficient (Wildman–Crippen LogP) is 5.32. The third-order valence-corrected chi connectivity index (χ3v) is 8.16. The average molecular weight is 594 g/mol. The van der Waals surface area contributed by atoms with Gasteiger partial charge in [-0.05, 0) is 70.2 Å². The third-order valence-electron chi connectivity index (χ3n) is 7.50. The normalized spacial score (nSPS) is 16.3. The van der Waals surface area contributed by atoms with Crippen molar-refractivity contribution in [2.24, 2.45) is 0 Å². The highest BCUT2D eigenvalue weighted by Gasteiger charge is 2.41. The quantitative estimate of drug-likeness (QED) is 0.274. The van der Waals surface area contributed by atoms with E-state index in [-0.39, 0.29) is 24.6 Å². The van der Waals surface area contributed by atoms with E-state index in [1.165, 1.54) is 11.6 Å². The van der Waals surface area contributed by atoms with E-state index < -0.39 is 0 Å². The zero-order valence-electron chi connectivity index (χ0n) is 22.7. The van der Waals surface area contributed by atoms with Crippen LogP contribution in [0.3, 0.4) is 0 Å². The summed E-state index contributed by atoms with van der Waals surface area (Å²) in [6.45, 7) is 11.5. The van der Waals surface area contributed by atoms with Gasteiger partial charge in [0.25, 0.3) is 5.91 Å². The van der Waals surface area contributed by atoms with Crippen LogP contribution in [0.1, 0.15) is 64.2 Å². The first-order chi connectivity index (χ1) is 18.7. The number of nitrogens with zero attached hydrogens (tertiary/aromatic N) is 4. The Morgan fingerprint density at radius 1 is 1.23 bits per heavy atom. The van der Waals surface area contributed by atoms with Gasteiger partial charge >= 0.3 is 0 Å². The number of aryl methyl sites for hydroxylation is 1. The molecule has 5 rings (SSSR count). The van der Waals surface area contributed by atoms with Crippen LogP contribution >= 0.6 is 15.9 Å². The largest absolute Gasteiger partial charge is 0.466 e. The lowest BCUT2D eigenvalue weighted by atomic mass is 9.91. The van der Waals surface area contributed by atoms with Gasteiger partial charge in [-0.25, -0.2) is 4.68 Å². The van der Waals surface area contributed by atoms with E-state index in [2.05, 4.69) is 61.5 Å². The van der Waals surface area contributed by atoms with Crippen molar-refractivity contribution in [3.63, 3.8) is 0 Å². The van der Waals surface area contributed by atoms with Gasteiger partial charge in [0.2, 0.25) is 5.91 Å². The molecule has 0 saturated carbocycles. The highest BCUT2D eigenvalue weighted by molar-refractivity contribution is 9.10. The molecule has 0 bridgehead atoms. The van der Waals surface area contributed by atoms with Gasteiger partial charge in [-0.2, -0.15) is 5.10 Å². The van der Waals surface area contributed by atoms with E-state index in [4.69, 9.17) is 14.6 Å². The summed E-state index contributed by atoms with van der Waals surface area (Å²) in [6, 6.07) is 11.5. The average Bonchev–Trinajstić information content (AvgIpc) is 3.30. The van der Waals surface area contributed by atoms with E-state index >= 15 is 0 Å². The fraction of sp³-hybridized carbons (Fsp3) is 0.367. The molecule has 2 amide bonds. The molecule has 2 aliphatic heterocycles. The second-order valence-corrected chi connectivity index (χ2v) is 11.2. The maximum Gasteiger partial charge on any atom is 0.254 e. The van der Waals surface area contributed by atoms with Gasteiger partial charge < -0.3 is 19.3 Å². The van der Waals surface area contributed by atoms with Crippen molar-refractivity contribution in [1.82, 2.24) is 19.6 Å². The summed E-state index contributed by atoms with van der Waals surface area (Å²) in [5.41, 5.74) is 6.92. The summed E-state index contributed by atoms with van der Waals surface area (Å²) in [6.07, 6.45) is 1.98. The van der Waals surface area contributed by atoms with Gasteiger partial charge in [-0.3, -0.25) is 9.59 Å². The van der Waals surface area contributed by atoms with E-state index in [0.29, 0.717) is 43.3 Å². The monoisotopic (exact) mass is 592 g/mol. The van der Waals surface area contributed by atoms with Gasteiger partial charge in [0.05, 0.1) is 34.1 Å². The van der Waals surface area contributed by atoms with E-state index in [1.54, 1.807) is 30.2 Å². The Kier molecular flexibility index (Phi) is 7.64. The number of hydrogen-bond donors (Lipinski definition) is 0. The van der Waals surface area contributed by atoms with Crippen molar-refractivity contribution in [2.75, 3.05) is 27.0 Å². The number of hydrogen-bond acceptors (Lipinski definition) is 5. The summed E-state index contributed by atoms with van der Waals surface area (Å²) in [4.78, 5) is 30.2. The fourth-order valence-corrected chi connectivity index (χ4v) is 5.85. The highest BCUT2D eigenvalue weighted by Crippen LogP contribution is 2.40. The van der Waals surface area contributed by atoms with Crippen LogP contribution in [0.5, 0.6) is 5.75 Å². The zero-order valence-corrected chi connectivity index (χ0v) is 24.3. The smallest absolute Gasteiger partial charge is 0.254 e. The molecule has 0 radical (unpaired) electrons. The molecule has 1 unspecified atom stereocenters. The van der Waals surface area contributed by atoms with Crippen LogP contribution in [0.25, 0.3) is 5.69 Å². The third kappa shape index (κ3) is 5.01. The maximum atomic E-state index is 13.9. The molecule has 0 saturated heterocycles. The number of ether oxygens (including phenoxy) is 2. The van der Waals surface area contributed by atoms with Crippen molar-refractivity contribution in [3.05, 3.63) is 87.2 Å². The van der Waals surface area contributed by atoms with Crippen LogP contribution in [0.15, 0.2) is 53.5 Å². The van der Waals surface area contributed by atoms with Gasteiger partial charge in [-0.15, -0.1) is 0 Å². The van der Waals surface area contributed by atoms with Crippen molar-refractivity contribution >= 4 is 27.7 Å². The molecule has 0 spiro atoms. The predicted molar refractivity (Wildman–Crippen MR) is 152 cm³/mol. The number of aromatic nitrogens is 2. The molecule has 8 nitrogen and oxygen atoms in total. The Balaban J connectivity index is 1.56. The molecule has 9 heteroatoms. The molecule has 3 heterocycles. The topological polar surface area (TPSA) is 76.9 Å². The number of carbonyl (C=O) groups excluding carboxylic acids is 2. The summed E-state index contributed by atoms with van der Waals surface area (Å²) < 4.78 is 13.4. The molecule has 0 fully saturated rings. The molecule has 0 aliphatic carbocycles. The molecule has 204 valence electrons. The minimum Gasteiger partial charge on any atom is -0.466 e. The Morgan fingerprint density at radius 3 is 2.72 bits per heavy atom. The fourth-order valence-electron chi connectivity index (χ4n) is 5.49. The SMILES string of the molecule is C=CC(=O)N1Cc2nn(-c3ccc(C(C)C)cc3C)c3c2C(C1)N(C(=O)c1ccc(Br)c(OCOC)c1)CC3. The molecule has 2 aliphatic rings. The Hall–Kier alpha value is -3.43. The van der Waals surface area contributed by atoms with Crippen molar-refractivity contribution in [3.8, 4) is 11.4 Å². The Bertz CT molecular complexity index is 1450. The van der Waals surface area contributed by atoms with E-state index in [1.807, 2.05) is 9.58 Å². The van der Waals surface area contributed by atoms with Crippen molar-refractivity contribution in [1.29, 1.82) is 0 Å². The summed E-state index contributed by atoms with van der Waals surface area (Å²) in [7, 11) is 1.55. The van der Waals surface area contributed by atoms with Gasteiger partial charge in [0.15, 0.2) is 6.79 Å². The van der Waals surface area contributed by atoms with Crippen LogP contribution in [0.4, 0.5) is 0 Å². The summed E-state index contributed by atoms with van der Waals surface area (Å²) in [5.74, 6) is 0.667. The lowest BCUT2D eigenvalue weighted by Gasteiger charge is -2.41. The lowest BCUT2D eigenvalue weighted by Crippen LogP contribution is -2.49. The second-order valence-electron chi connectivity index (χ2n) is 10.3. The first-order valence-corrected chi connectivity index (χ1v) is 13.9. The Morgan fingerprint density at radius 2 is 2.03 bits per heavy atom. The molecule has 1 aromatic heterocycles. The lowest BCUT2D eigenvalue weighted by molar-refractivity contribution is -0.128. The summed E-state index contributed by atoms with van der Waals surface area (Å²) in [5, 5.41) is 5.02. The van der Waals surface area contributed by atoms with E-state index in [9.17, 15) is 9.59 Å². The summed E-state index contributed by atoms with van der Waals surface area (Å²) >= 11 is 3.48. The molecular weight excluding hydrogens is 560 g/mol. The van der Waals surface area contributed by atoms with Gasteiger partial charge in [-0.1, -0.05) is 32.6 Å². The minimum atomic E-state index is -0.315. The van der Waals surface area contributed by atoms with Crippen LogP contribution < -0.4 is 4.74 Å². The van der Waals surface area contributed by atoms with Crippen LogP contribution in [0, 0.1) is 6.92 Å². The maximum absolute atomic E-state index is 13.9. The van der Waals surface area contributed by atoms with Crippen molar-refractivity contribution < 1.29 is 19.1 Å². The standard InChI is InChI=1S/C30H33BrN4O4/c1-6-28(36)33-15-23-29-25(35(32-23)24-10-8-20(18(2)3)13-19(24)4)11-12-34(26(29)16-33)30(37)21-7-9-22(31)27(14-21)39-17-38-5/h6-10,13-14,18,26H,1,11-12,15-17H2,2-5H3. The molecule has 3 aromatic rings. The van der Waals surface area contributed by atoms with Crippen molar-refractivity contribution in [2.45, 2.75) is 45.7 Å². The molecule has 39 heavy (non-hydrogen) atoms. The molecule has 1 atom stereocenters. The number of rotatable bonds is 7.